The van der Waals surface area contributed by atoms with Crippen LogP contribution in [0.3, 0.4) is 0 Å². The standard InChI is InChI=1S/C35H27ClFN3O5/c1-20-25(16-17-27(41)31(20)36)29-30-33(38-19-39-34(30)45-32(29)21-12-14-23(37)15-13-21)40-26(35(42)43-2)18-22-8-6-7-11-28(22)44-24-9-4-3-5-10-24/h3-17,19,26,41H,18H2,1-2H3,(H,38,39,40). The van der Waals surface area contributed by atoms with Gasteiger partial charge in [0.2, 0.25) is 5.71 Å². The van der Waals surface area contributed by atoms with E-state index >= 15 is 0 Å². The molecule has 10 heteroatoms. The summed E-state index contributed by atoms with van der Waals surface area (Å²) >= 11 is 6.47. The molecule has 2 heterocycles. The maximum Gasteiger partial charge on any atom is 0.328 e. The van der Waals surface area contributed by atoms with Gasteiger partial charge in [-0.2, -0.15) is 0 Å². The number of furan rings is 1. The summed E-state index contributed by atoms with van der Waals surface area (Å²) < 4.78 is 31.5. The lowest BCUT2D eigenvalue weighted by Crippen LogP contribution is -2.33. The lowest BCUT2D eigenvalue weighted by molar-refractivity contribution is -0.141. The Balaban J connectivity index is 1.47. The lowest BCUT2D eigenvalue weighted by atomic mass is 9.95. The number of methoxy groups -OCH3 is 1. The Labute approximate surface area is 263 Å². The van der Waals surface area contributed by atoms with E-state index in [9.17, 15) is 14.3 Å². The van der Waals surface area contributed by atoms with Gasteiger partial charge in [-0.3, -0.25) is 0 Å². The second kappa shape index (κ2) is 12.7. The molecule has 4 aromatic carbocycles. The number of hydrogen-bond acceptors (Lipinski definition) is 8. The van der Waals surface area contributed by atoms with Crippen LogP contribution < -0.4 is 10.1 Å². The second-order valence-corrected chi connectivity index (χ2v) is 10.6. The number of fused-ring (bicyclic) bond motifs is 1. The number of para-hydroxylation sites is 2. The normalized spacial score (nSPS) is 11.7. The van der Waals surface area contributed by atoms with Gasteiger partial charge in [-0.1, -0.05) is 54.1 Å². The molecular formula is C35H27ClFN3O5. The van der Waals surface area contributed by atoms with Crippen LogP contribution in [0.4, 0.5) is 10.2 Å². The maximum absolute atomic E-state index is 13.9. The molecule has 6 aromatic rings. The number of aromatic nitrogens is 2. The molecule has 0 aliphatic heterocycles. The summed E-state index contributed by atoms with van der Waals surface area (Å²) in [5.41, 5.74) is 3.32. The SMILES string of the molecule is COC(=O)C(Cc1ccccc1Oc1ccccc1)Nc1ncnc2oc(-c3ccc(F)cc3)c(-c3ccc(O)c(Cl)c3C)c12. The van der Waals surface area contributed by atoms with Gasteiger partial charge < -0.3 is 24.3 Å². The van der Waals surface area contributed by atoms with Crippen LogP contribution in [0.25, 0.3) is 33.6 Å². The van der Waals surface area contributed by atoms with E-state index in [1.165, 1.54) is 31.6 Å². The summed E-state index contributed by atoms with van der Waals surface area (Å²) in [6.45, 7) is 1.77. The van der Waals surface area contributed by atoms with E-state index in [1.807, 2.05) is 54.6 Å². The van der Waals surface area contributed by atoms with Crippen LogP contribution in [0, 0.1) is 12.7 Å². The lowest BCUT2D eigenvalue weighted by Gasteiger charge is -2.20. The fourth-order valence-electron chi connectivity index (χ4n) is 5.15. The summed E-state index contributed by atoms with van der Waals surface area (Å²) in [6.07, 6.45) is 1.52. The van der Waals surface area contributed by atoms with Gasteiger partial charge in [0.1, 0.15) is 47.0 Å². The van der Waals surface area contributed by atoms with Crippen LogP contribution in [-0.2, 0) is 16.0 Å². The fourth-order valence-corrected chi connectivity index (χ4v) is 5.32. The molecule has 1 unspecified atom stereocenters. The van der Waals surface area contributed by atoms with Crippen LogP contribution in [0.2, 0.25) is 5.02 Å². The molecule has 0 bridgehead atoms. The number of carbonyl (C=O) groups excluding carboxylic acids is 1. The minimum Gasteiger partial charge on any atom is -0.506 e. The molecule has 1 atom stereocenters. The van der Waals surface area contributed by atoms with E-state index in [2.05, 4.69) is 15.3 Å². The molecule has 0 amide bonds. The molecule has 0 aliphatic carbocycles. The maximum atomic E-state index is 13.9. The van der Waals surface area contributed by atoms with E-state index in [1.54, 1.807) is 25.1 Å². The van der Waals surface area contributed by atoms with Crippen molar-refractivity contribution in [3.05, 3.63) is 119 Å². The molecule has 8 nitrogen and oxygen atoms in total. The fraction of sp³-hybridized carbons (Fsp3) is 0.114. The first kappa shape index (κ1) is 29.7. The van der Waals surface area contributed by atoms with Crippen molar-refractivity contribution in [2.24, 2.45) is 0 Å². The molecule has 45 heavy (non-hydrogen) atoms. The number of ether oxygens (including phenoxy) is 2. The number of benzene rings is 4. The number of aromatic hydroxyl groups is 1. The molecule has 2 N–H and O–H groups in total. The quantitative estimate of drug-likeness (QED) is 0.155. The van der Waals surface area contributed by atoms with E-state index in [-0.39, 0.29) is 22.9 Å². The highest BCUT2D eigenvalue weighted by Gasteiger charge is 2.28. The zero-order valence-corrected chi connectivity index (χ0v) is 25.0. The Kier molecular flexibility index (Phi) is 8.35. The molecule has 2 aromatic heterocycles. The Morgan fingerprint density at radius 2 is 1.73 bits per heavy atom. The van der Waals surface area contributed by atoms with Gasteiger partial charge in [0.25, 0.3) is 0 Å². The van der Waals surface area contributed by atoms with Crippen molar-refractivity contribution in [2.45, 2.75) is 19.4 Å². The number of carbonyl (C=O) groups is 1. The molecular weight excluding hydrogens is 597 g/mol. The van der Waals surface area contributed by atoms with Gasteiger partial charge in [0, 0.05) is 17.5 Å². The molecule has 0 saturated heterocycles. The second-order valence-electron chi connectivity index (χ2n) is 10.2. The first-order valence-corrected chi connectivity index (χ1v) is 14.4. The van der Waals surface area contributed by atoms with E-state index in [4.69, 9.17) is 25.5 Å². The molecule has 0 aliphatic rings. The van der Waals surface area contributed by atoms with Crippen molar-refractivity contribution in [2.75, 3.05) is 12.4 Å². The number of phenols is 1. The molecule has 0 spiro atoms. The van der Waals surface area contributed by atoms with E-state index < -0.39 is 17.8 Å². The predicted octanol–water partition coefficient (Wildman–Crippen LogP) is 8.35. The number of rotatable bonds is 9. The Bertz CT molecular complexity index is 2000. The van der Waals surface area contributed by atoms with Crippen molar-refractivity contribution in [1.82, 2.24) is 9.97 Å². The van der Waals surface area contributed by atoms with Gasteiger partial charge in [0.15, 0.2) is 0 Å². The van der Waals surface area contributed by atoms with Crippen molar-refractivity contribution >= 4 is 34.5 Å². The van der Waals surface area contributed by atoms with E-state index in [0.29, 0.717) is 50.7 Å². The topological polar surface area (TPSA) is 107 Å². The van der Waals surface area contributed by atoms with Crippen molar-refractivity contribution in [1.29, 1.82) is 0 Å². The number of hydrogen-bond donors (Lipinski definition) is 2. The third-order valence-corrected chi connectivity index (χ3v) is 7.87. The van der Waals surface area contributed by atoms with Crippen LogP contribution in [0.5, 0.6) is 17.2 Å². The summed E-state index contributed by atoms with van der Waals surface area (Å²) in [5.74, 6) is 0.922. The number of phenolic OH excluding ortho intramolecular Hbond substituents is 1. The van der Waals surface area contributed by atoms with Crippen LogP contribution >= 0.6 is 11.6 Å². The molecule has 6 rings (SSSR count). The largest absolute Gasteiger partial charge is 0.506 e. The summed E-state index contributed by atoms with van der Waals surface area (Å²) in [7, 11) is 1.32. The van der Waals surface area contributed by atoms with Gasteiger partial charge in [0.05, 0.1) is 17.5 Å². The third kappa shape index (κ3) is 6.03. The first-order chi connectivity index (χ1) is 21.8. The highest BCUT2D eigenvalue weighted by Crippen LogP contribution is 2.46. The van der Waals surface area contributed by atoms with Gasteiger partial charge in [-0.05, 0) is 72.1 Å². The summed E-state index contributed by atoms with van der Waals surface area (Å²) in [4.78, 5) is 22.1. The first-order valence-electron chi connectivity index (χ1n) is 14.0. The van der Waals surface area contributed by atoms with Gasteiger partial charge in [-0.25, -0.2) is 19.2 Å². The third-order valence-electron chi connectivity index (χ3n) is 7.39. The molecule has 0 saturated carbocycles. The van der Waals surface area contributed by atoms with Crippen LogP contribution in [0.15, 0.2) is 102 Å². The molecule has 0 radical (unpaired) electrons. The van der Waals surface area contributed by atoms with Gasteiger partial charge >= 0.3 is 5.97 Å². The smallest absolute Gasteiger partial charge is 0.328 e. The minimum atomic E-state index is -0.893. The number of halogens is 2. The average molecular weight is 624 g/mol. The zero-order valence-electron chi connectivity index (χ0n) is 24.3. The molecule has 0 fully saturated rings. The van der Waals surface area contributed by atoms with E-state index in [0.717, 1.165) is 5.56 Å². The predicted molar refractivity (Wildman–Crippen MR) is 170 cm³/mol. The summed E-state index contributed by atoms with van der Waals surface area (Å²) in [6, 6.07) is 24.9. The highest BCUT2D eigenvalue weighted by atomic mass is 35.5. The van der Waals surface area contributed by atoms with Crippen molar-refractivity contribution in [3.8, 4) is 39.7 Å². The highest BCUT2D eigenvalue weighted by molar-refractivity contribution is 6.33. The van der Waals surface area contributed by atoms with Crippen LogP contribution in [-0.4, -0.2) is 34.2 Å². The Hall–Kier alpha value is -5.41. The van der Waals surface area contributed by atoms with Crippen molar-refractivity contribution < 1.29 is 28.2 Å². The Morgan fingerprint density at radius 1 is 1.00 bits per heavy atom. The monoisotopic (exact) mass is 623 g/mol. The number of nitrogens with zero attached hydrogens (tertiary/aromatic N) is 2. The zero-order chi connectivity index (χ0) is 31.5. The Morgan fingerprint density at radius 3 is 2.49 bits per heavy atom. The van der Waals surface area contributed by atoms with Crippen molar-refractivity contribution in [3.63, 3.8) is 0 Å². The minimum absolute atomic E-state index is 0.0780. The number of anilines is 1. The van der Waals surface area contributed by atoms with Crippen LogP contribution in [0.1, 0.15) is 11.1 Å². The van der Waals surface area contributed by atoms with Gasteiger partial charge in [-0.15, -0.1) is 0 Å². The summed E-state index contributed by atoms with van der Waals surface area (Å²) in [5, 5.41) is 14.2. The number of nitrogens with one attached hydrogen (secondary N) is 1. The number of esters is 1. The average Bonchev–Trinajstić information content (AvgIpc) is 3.45. The molecule has 226 valence electrons.